The van der Waals surface area contributed by atoms with Crippen molar-refractivity contribution in [1.29, 1.82) is 0 Å². The van der Waals surface area contributed by atoms with Crippen LogP contribution in [0.5, 0.6) is 0 Å². The Labute approximate surface area is 126 Å². The van der Waals surface area contributed by atoms with Gasteiger partial charge in [0.15, 0.2) is 0 Å². The average molecular weight is 317 g/mol. The number of carbonyl (C=O) groups is 1. The molecule has 1 saturated heterocycles. The van der Waals surface area contributed by atoms with Gasteiger partial charge in [0.25, 0.3) is 10.1 Å². The molecule has 6 nitrogen and oxygen atoms in total. The topological polar surface area (TPSA) is 72.9 Å². The Morgan fingerprint density at radius 3 is 2.48 bits per heavy atom. The molecule has 2 aliphatic rings. The van der Waals surface area contributed by atoms with Crippen molar-refractivity contribution in [3.63, 3.8) is 0 Å². The molecule has 2 unspecified atom stereocenters. The molecule has 0 spiro atoms. The lowest BCUT2D eigenvalue weighted by atomic mass is 9.68. The fourth-order valence-electron chi connectivity index (χ4n) is 3.65. The first-order chi connectivity index (χ1) is 9.90. The molecule has 2 bridgehead atoms. The largest absolute Gasteiger partial charge is 0.419 e. The lowest BCUT2D eigenvalue weighted by Crippen LogP contribution is -2.50. The average Bonchev–Trinajstić information content (AvgIpc) is 2.36. The van der Waals surface area contributed by atoms with Gasteiger partial charge in [-0.3, -0.25) is 4.18 Å². The van der Waals surface area contributed by atoms with Gasteiger partial charge in [-0.25, -0.2) is 4.79 Å². The summed E-state index contributed by atoms with van der Waals surface area (Å²) in [4.78, 5) is 13.6. The number of nitrogens with zero attached hydrogens (tertiary/aromatic N) is 1. The molecule has 2 fully saturated rings. The van der Waals surface area contributed by atoms with Gasteiger partial charge in [-0.15, -0.1) is 0 Å². The Morgan fingerprint density at radius 2 is 1.95 bits per heavy atom. The first-order valence-electron chi connectivity index (χ1n) is 7.31. The van der Waals surface area contributed by atoms with Gasteiger partial charge in [0.1, 0.15) is 0 Å². The number of piperidine rings is 1. The molecule has 2 atom stereocenters. The smallest absolute Gasteiger partial charge is 0.414 e. The minimum Gasteiger partial charge on any atom is -0.419 e. The third-order valence-electron chi connectivity index (χ3n) is 4.46. The predicted molar refractivity (Wildman–Crippen MR) is 78.0 cm³/mol. The number of rotatable bonds is 5. The highest BCUT2D eigenvalue weighted by molar-refractivity contribution is 7.85. The Bertz CT molecular complexity index is 476. The number of carbonyl (C=O) groups excluding carboxylic acids is 1. The monoisotopic (exact) mass is 317 g/mol. The molecule has 2 rings (SSSR count). The highest BCUT2D eigenvalue weighted by Crippen LogP contribution is 2.41. The second-order valence-corrected chi connectivity index (χ2v) is 7.53. The van der Waals surface area contributed by atoms with Gasteiger partial charge in [-0.1, -0.05) is 13.0 Å². The van der Waals surface area contributed by atoms with Crippen LogP contribution in [0.3, 0.4) is 0 Å². The van der Waals surface area contributed by atoms with E-state index in [4.69, 9.17) is 8.92 Å². The molecular formula is C14H23NO5S. The predicted octanol–water partition coefficient (Wildman–Crippen LogP) is 1.98. The van der Waals surface area contributed by atoms with E-state index in [1.165, 1.54) is 6.42 Å². The number of hydrogen-bond donors (Lipinski definition) is 0. The van der Waals surface area contributed by atoms with Crippen molar-refractivity contribution in [2.45, 2.75) is 25.7 Å². The minimum absolute atomic E-state index is 0.230. The maximum absolute atomic E-state index is 11.8. The van der Waals surface area contributed by atoms with E-state index in [1.54, 1.807) is 4.90 Å². The van der Waals surface area contributed by atoms with Crippen LogP contribution in [-0.4, -0.2) is 45.4 Å². The van der Waals surface area contributed by atoms with Crippen molar-refractivity contribution in [1.82, 2.24) is 4.90 Å². The Kier molecular flexibility index (Phi) is 5.27. The van der Waals surface area contributed by atoms with Crippen molar-refractivity contribution in [2.24, 2.45) is 17.8 Å². The van der Waals surface area contributed by atoms with Gasteiger partial charge in [-0.2, -0.15) is 8.42 Å². The summed E-state index contributed by atoms with van der Waals surface area (Å²) in [5.74, 6) is 1.23. The fourth-order valence-corrected chi connectivity index (χ4v) is 4.05. The van der Waals surface area contributed by atoms with Crippen molar-refractivity contribution in [2.75, 3.05) is 26.0 Å². The molecule has 120 valence electrons. The standard InChI is InChI=1S/C14H23NO5S/c1-3-19-14(16)15-9-11-5-4-6-12(10-15)13(11)7-8-20-21(2,17)18/h3,11-13H,1,4-10H2,2H3. The van der Waals surface area contributed by atoms with Gasteiger partial charge < -0.3 is 9.64 Å². The summed E-state index contributed by atoms with van der Waals surface area (Å²) >= 11 is 0. The van der Waals surface area contributed by atoms with Crippen LogP contribution in [0.4, 0.5) is 4.79 Å². The summed E-state index contributed by atoms with van der Waals surface area (Å²) in [5.41, 5.74) is 0. The Hall–Kier alpha value is -1.08. The molecule has 0 aromatic carbocycles. The van der Waals surface area contributed by atoms with E-state index >= 15 is 0 Å². The Balaban J connectivity index is 1.93. The van der Waals surface area contributed by atoms with E-state index in [9.17, 15) is 13.2 Å². The van der Waals surface area contributed by atoms with E-state index in [0.29, 0.717) is 30.8 Å². The highest BCUT2D eigenvalue weighted by atomic mass is 32.2. The molecule has 0 aromatic rings. The van der Waals surface area contributed by atoms with E-state index in [1.807, 2.05) is 0 Å². The van der Waals surface area contributed by atoms with Crippen LogP contribution in [0.2, 0.25) is 0 Å². The zero-order valence-electron chi connectivity index (χ0n) is 12.4. The summed E-state index contributed by atoms with van der Waals surface area (Å²) < 4.78 is 31.8. The summed E-state index contributed by atoms with van der Waals surface area (Å²) in [7, 11) is -3.38. The van der Waals surface area contributed by atoms with E-state index < -0.39 is 10.1 Å². The van der Waals surface area contributed by atoms with Crippen molar-refractivity contribution in [3.05, 3.63) is 12.8 Å². The van der Waals surface area contributed by atoms with Crippen molar-refractivity contribution >= 4 is 16.2 Å². The normalized spacial score (nSPS) is 29.0. The number of ether oxygens (including phenoxy) is 1. The van der Waals surface area contributed by atoms with Gasteiger partial charge in [0, 0.05) is 13.1 Å². The molecule has 7 heteroatoms. The van der Waals surface area contributed by atoms with Crippen LogP contribution in [-0.2, 0) is 19.0 Å². The van der Waals surface area contributed by atoms with Crippen LogP contribution in [0.25, 0.3) is 0 Å². The number of fused-ring (bicyclic) bond motifs is 2. The third kappa shape index (κ3) is 4.44. The van der Waals surface area contributed by atoms with E-state index in [0.717, 1.165) is 31.8 Å². The van der Waals surface area contributed by atoms with Crippen LogP contribution in [0.1, 0.15) is 25.7 Å². The van der Waals surface area contributed by atoms with E-state index in [-0.39, 0.29) is 12.7 Å². The maximum atomic E-state index is 11.8. The molecule has 1 aliphatic carbocycles. The molecule has 0 radical (unpaired) electrons. The third-order valence-corrected chi connectivity index (χ3v) is 5.06. The van der Waals surface area contributed by atoms with Gasteiger partial charge in [-0.05, 0) is 37.0 Å². The molecule has 0 aromatic heterocycles. The van der Waals surface area contributed by atoms with Crippen LogP contribution in [0.15, 0.2) is 12.8 Å². The summed E-state index contributed by atoms with van der Waals surface area (Å²) in [6.07, 6.45) is 5.92. The number of likely N-dealkylation sites (tertiary alicyclic amines) is 1. The van der Waals surface area contributed by atoms with Crippen LogP contribution in [0, 0.1) is 17.8 Å². The highest BCUT2D eigenvalue weighted by Gasteiger charge is 2.40. The first kappa shape index (κ1) is 16.3. The minimum atomic E-state index is -3.38. The maximum Gasteiger partial charge on any atom is 0.414 e. The molecule has 1 aliphatic heterocycles. The molecule has 1 heterocycles. The molecule has 0 N–H and O–H groups in total. The molecule has 1 amide bonds. The second-order valence-electron chi connectivity index (χ2n) is 5.89. The lowest BCUT2D eigenvalue weighted by molar-refractivity contribution is 0.0161. The number of hydrogen-bond acceptors (Lipinski definition) is 5. The molecule has 21 heavy (non-hydrogen) atoms. The van der Waals surface area contributed by atoms with Crippen LogP contribution >= 0.6 is 0 Å². The van der Waals surface area contributed by atoms with Crippen molar-refractivity contribution < 1.29 is 22.1 Å². The summed E-state index contributed by atoms with van der Waals surface area (Å²) in [6, 6.07) is 0. The lowest BCUT2D eigenvalue weighted by Gasteiger charge is -2.46. The zero-order chi connectivity index (χ0) is 15.5. The molecule has 1 saturated carbocycles. The van der Waals surface area contributed by atoms with E-state index in [2.05, 4.69) is 6.58 Å². The second kappa shape index (κ2) is 6.79. The Morgan fingerprint density at radius 1 is 1.33 bits per heavy atom. The summed E-state index contributed by atoms with van der Waals surface area (Å²) in [5, 5.41) is 0. The van der Waals surface area contributed by atoms with Gasteiger partial charge in [0.05, 0.1) is 19.1 Å². The summed E-state index contributed by atoms with van der Waals surface area (Å²) in [6.45, 7) is 4.98. The number of amides is 1. The van der Waals surface area contributed by atoms with Gasteiger partial charge >= 0.3 is 6.09 Å². The fraction of sp³-hybridized carbons (Fsp3) is 0.786. The SMILES string of the molecule is C=COC(=O)N1CC2CCCC(C1)C2CCOS(C)(=O)=O. The van der Waals surface area contributed by atoms with Gasteiger partial charge in [0.2, 0.25) is 0 Å². The quantitative estimate of drug-likeness (QED) is 0.572. The zero-order valence-corrected chi connectivity index (χ0v) is 13.2. The van der Waals surface area contributed by atoms with Crippen LogP contribution < -0.4 is 0 Å². The first-order valence-corrected chi connectivity index (χ1v) is 9.13. The molecular weight excluding hydrogens is 294 g/mol. The van der Waals surface area contributed by atoms with Crippen molar-refractivity contribution in [3.8, 4) is 0 Å².